The fourth-order valence-corrected chi connectivity index (χ4v) is 3.71. The Balaban J connectivity index is 1.84. The van der Waals surface area contributed by atoms with Crippen LogP contribution < -0.4 is 10.2 Å². The number of carbonyl (C=O) groups is 2. The first-order valence-electron chi connectivity index (χ1n) is 9.84. The first-order valence-corrected chi connectivity index (χ1v) is 9.84. The van der Waals surface area contributed by atoms with Gasteiger partial charge in [0.05, 0.1) is 16.2 Å². The zero-order valence-electron chi connectivity index (χ0n) is 17.6. The predicted molar refractivity (Wildman–Crippen MR) is 118 cm³/mol. The SMILES string of the molecule is Cc1cc(C)cc(NC2=C(c3ccc([N+](=O)[O-])cc3)C(=O)N(c3ccc(F)c(F)c3)C2=O)c1. The number of nitro benzene ring substituents is 1. The van der Waals surface area contributed by atoms with Crippen LogP contribution in [0.2, 0.25) is 0 Å². The Morgan fingerprint density at radius 3 is 2.06 bits per heavy atom. The number of halogens is 2. The molecule has 7 nitrogen and oxygen atoms in total. The van der Waals surface area contributed by atoms with Crippen LogP contribution >= 0.6 is 0 Å². The van der Waals surface area contributed by atoms with E-state index >= 15 is 0 Å². The molecule has 1 aliphatic heterocycles. The number of nitro groups is 1. The standard InChI is InChI=1S/C24H17F2N3O4/c1-13-9-14(2)11-16(10-13)27-22-21(15-3-5-17(6-4-15)29(32)33)23(30)28(24(22)31)18-7-8-19(25)20(26)12-18/h3-12,27H,1-2H3. The molecule has 3 aromatic rings. The number of hydrogen-bond donors (Lipinski definition) is 1. The number of carbonyl (C=O) groups excluding carboxylic acids is 2. The highest BCUT2D eigenvalue weighted by molar-refractivity contribution is 6.46. The number of aryl methyl sites for hydroxylation is 2. The van der Waals surface area contributed by atoms with E-state index in [0.29, 0.717) is 5.69 Å². The summed E-state index contributed by atoms with van der Waals surface area (Å²) in [6, 6.07) is 13.4. The fraction of sp³-hybridized carbons (Fsp3) is 0.0833. The molecule has 0 spiro atoms. The molecule has 0 aromatic heterocycles. The van der Waals surface area contributed by atoms with Gasteiger partial charge in [0.25, 0.3) is 17.5 Å². The smallest absolute Gasteiger partial charge is 0.282 e. The lowest BCUT2D eigenvalue weighted by molar-refractivity contribution is -0.384. The molecule has 2 amide bonds. The minimum atomic E-state index is -1.21. The summed E-state index contributed by atoms with van der Waals surface area (Å²) in [4.78, 5) is 37.8. The molecule has 0 bridgehead atoms. The predicted octanol–water partition coefficient (Wildman–Crippen LogP) is 4.89. The van der Waals surface area contributed by atoms with E-state index < -0.39 is 28.4 Å². The lowest BCUT2D eigenvalue weighted by Gasteiger charge is -2.16. The molecule has 0 fully saturated rings. The van der Waals surface area contributed by atoms with Crippen LogP contribution in [0.25, 0.3) is 5.57 Å². The Hall–Kier alpha value is -4.40. The van der Waals surface area contributed by atoms with Crippen LogP contribution in [0.1, 0.15) is 16.7 Å². The average Bonchev–Trinajstić information content (AvgIpc) is 2.99. The molecule has 0 saturated heterocycles. The number of imide groups is 1. The van der Waals surface area contributed by atoms with E-state index in [4.69, 9.17) is 0 Å². The maximum absolute atomic E-state index is 13.8. The van der Waals surface area contributed by atoms with Crippen LogP contribution in [0.15, 0.2) is 66.4 Å². The Bertz CT molecular complexity index is 1330. The van der Waals surface area contributed by atoms with Gasteiger partial charge >= 0.3 is 0 Å². The topological polar surface area (TPSA) is 92.6 Å². The minimum Gasteiger partial charge on any atom is -0.350 e. The van der Waals surface area contributed by atoms with Gasteiger partial charge in [0.1, 0.15) is 5.70 Å². The van der Waals surface area contributed by atoms with E-state index in [1.165, 1.54) is 24.3 Å². The van der Waals surface area contributed by atoms with Gasteiger partial charge in [-0.05, 0) is 66.9 Å². The van der Waals surface area contributed by atoms with Crippen LogP contribution in [-0.4, -0.2) is 16.7 Å². The van der Waals surface area contributed by atoms with Crippen molar-refractivity contribution in [3.8, 4) is 0 Å². The zero-order chi connectivity index (χ0) is 23.9. The molecule has 1 heterocycles. The molecule has 3 aromatic carbocycles. The van der Waals surface area contributed by atoms with Gasteiger partial charge < -0.3 is 5.32 Å². The number of benzene rings is 3. The highest BCUT2D eigenvalue weighted by Gasteiger charge is 2.40. The summed E-state index contributed by atoms with van der Waals surface area (Å²) in [5, 5.41) is 14.0. The number of nitrogens with one attached hydrogen (secondary N) is 1. The molecule has 0 radical (unpaired) electrons. The molecule has 0 aliphatic carbocycles. The molecule has 1 N–H and O–H groups in total. The summed E-state index contributed by atoms with van der Waals surface area (Å²) in [7, 11) is 0. The molecule has 0 unspecified atom stereocenters. The van der Waals surface area contributed by atoms with E-state index in [-0.39, 0.29) is 28.2 Å². The molecule has 166 valence electrons. The maximum atomic E-state index is 13.8. The van der Waals surface area contributed by atoms with Crippen LogP contribution in [0.3, 0.4) is 0 Å². The Kier molecular flexibility index (Phi) is 5.47. The second-order valence-corrected chi connectivity index (χ2v) is 7.60. The van der Waals surface area contributed by atoms with Gasteiger partial charge in [-0.1, -0.05) is 6.07 Å². The van der Waals surface area contributed by atoms with E-state index in [2.05, 4.69) is 5.32 Å². The third-order valence-corrected chi connectivity index (χ3v) is 5.10. The Morgan fingerprint density at radius 1 is 0.848 bits per heavy atom. The van der Waals surface area contributed by atoms with Crippen LogP contribution in [-0.2, 0) is 9.59 Å². The number of anilines is 2. The molecular formula is C24H17F2N3O4. The molecule has 0 atom stereocenters. The van der Waals surface area contributed by atoms with Crippen molar-refractivity contribution in [1.82, 2.24) is 0 Å². The summed E-state index contributed by atoms with van der Waals surface area (Å²) >= 11 is 0. The number of nitrogens with zero attached hydrogens (tertiary/aromatic N) is 2. The van der Waals surface area contributed by atoms with Gasteiger partial charge in [0, 0.05) is 23.9 Å². The molecule has 33 heavy (non-hydrogen) atoms. The summed E-state index contributed by atoms with van der Waals surface area (Å²) in [5.41, 5.74) is 2.21. The zero-order valence-corrected chi connectivity index (χ0v) is 17.6. The van der Waals surface area contributed by atoms with Crippen molar-refractivity contribution in [2.75, 3.05) is 10.2 Å². The molecule has 1 aliphatic rings. The van der Waals surface area contributed by atoms with Gasteiger partial charge in [0.15, 0.2) is 11.6 Å². The molecular weight excluding hydrogens is 432 g/mol. The Labute approximate surface area is 187 Å². The summed E-state index contributed by atoms with van der Waals surface area (Å²) in [6.45, 7) is 3.75. The third-order valence-electron chi connectivity index (χ3n) is 5.10. The number of amides is 2. The quantitative estimate of drug-likeness (QED) is 0.340. The van der Waals surface area contributed by atoms with Crippen molar-refractivity contribution in [1.29, 1.82) is 0 Å². The lowest BCUT2D eigenvalue weighted by atomic mass is 10.0. The van der Waals surface area contributed by atoms with Crippen molar-refractivity contribution >= 4 is 34.4 Å². The van der Waals surface area contributed by atoms with Crippen molar-refractivity contribution in [2.24, 2.45) is 0 Å². The summed E-state index contributed by atoms with van der Waals surface area (Å²) in [6.07, 6.45) is 0. The van der Waals surface area contributed by atoms with Gasteiger partial charge in [-0.25, -0.2) is 13.7 Å². The first-order chi connectivity index (χ1) is 15.7. The largest absolute Gasteiger partial charge is 0.350 e. The molecule has 0 saturated carbocycles. The van der Waals surface area contributed by atoms with Crippen LogP contribution in [0.5, 0.6) is 0 Å². The van der Waals surface area contributed by atoms with E-state index in [9.17, 15) is 28.5 Å². The monoisotopic (exact) mass is 449 g/mol. The lowest BCUT2D eigenvalue weighted by Crippen LogP contribution is -2.32. The van der Waals surface area contributed by atoms with Gasteiger partial charge in [-0.2, -0.15) is 0 Å². The van der Waals surface area contributed by atoms with Crippen LogP contribution in [0.4, 0.5) is 25.8 Å². The highest BCUT2D eigenvalue weighted by atomic mass is 19.2. The molecule has 4 rings (SSSR count). The van der Waals surface area contributed by atoms with Gasteiger partial charge in [0.2, 0.25) is 0 Å². The van der Waals surface area contributed by atoms with Crippen LogP contribution in [0, 0.1) is 35.6 Å². The fourth-order valence-electron chi connectivity index (χ4n) is 3.71. The van der Waals surface area contributed by atoms with Gasteiger partial charge in [-0.15, -0.1) is 0 Å². The highest BCUT2D eigenvalue weighted by Crippen LogP contribution is 2.35. The Morgan fingerprint density at radius 2 is 1.48 bits per heavy atom. The van der Waals surface area contributed by atoms with Crippen molar-refractivity contribution in [2.45, 2.75) is 13.8 Å². The normalized spacial score (nSPS) is 13.6. The molecule has 9 heteroatoms. The number of rotatable bonds is 5. The average molecular weight is 449 g/mol. The van der Waals surface area contributed by atoms with Crippen molar-refractivity contribution in [3.63, 3.8) is 0 Å². The van der Waals surface area contributed by atoms with E-state index in [1.54, 1.807) is 12.1 Å². The van der Waals surface area contributed by atoms with Crippen molar-refractivity contribution < 1.29 is 23.3 Å². The van der Waals surface area contributed by atoms with Crippen molar-refractivity contribution in [3.05, 3.63) is 105 Å². The second-order valence-electron chi connectivity index (χ2n) is 7.60. The van der Waals surface area contributed by atoms with Gasteiger partial charge in [-0.3, -0.25) is 19.7 Å². The number of hydrogen-bond acceptors (Lipinski definition) is 5. The first kappa shape index (κ1) is 21.8. The number of non-ortho nitro benzene ring substituents is 1. The van der Waals surface area contributed by atoms with E-state index in [0.717, 1.165) is 34.2 Å². The minimum absolute atomic E-state index is 0.0428. The summed E-state index contributed by atoms with van der Waals surface area (Å²) in [5.74, 6) is -3.86. The maximum Gasteiger partial charge on any atom is 0.282 e. The third kappa shape index (κ3) is 4.08. The second kappa shape index (κ2) is 8.27. The summed E-state index contributed by atoms with van der Waals surface area (Å²) < 4.78 is 27.3. The van der Waals surface area contributed by atoms with E-state index in [1.807, 2.05) is 19.9 Å².